The lowest BCUT2D eigenvalue weighted by Gasteiger charge is -2.15. The van der Waals surface area contributed by atoms with Crippen LogP contribution < -0.4 is 10.1 Å². The van der Waals surface area contributed by atoms with E-state index in [1.165, 1.54) is 0 Å². The molecule has 0 aliphatic rings. The van der Waals surface area contributed by atoms with Crippen molar-refractivity contribution in [3.05, 3.63) is 28.2 Å². The van der Waals surface area contributed by atoms with Crippen LogP contribution in [0.3, 0.4) is 0 Å². The molecule has 1 N–H and O–H groups in total. The molecule has 0 bridgehead atoms. The van der Waals surface area contributed by atoms with Crippen molar-refractivity contribution in [2.75, 3.05) is 13.7 Å². The maximum atomic E-state index is 8.47. The van der Waals surface area contributed by atoms with E-state index in [1.807, 2.05) is 38.2 Å². The molecule has 1 aromatic carbocycles. The third kappa shape index (κ3) is 3.22. The molecule has 0 aromatic heterocycles. The van der Waals surface area contributed by atoms with Crippen molar-refractivity contribution in [3.63, 3.8) is 0 Å². The van der Waals surface area contributed by atoms with E-state index in [0.717, 1.165) is 15.8 Å². The van der Waals surface area contributed by atoms with Crippen molar-refractivity contribution < 1.29 is 4.74 Å². The van der Waals surface area contributed by atoms with Crippen molar-refractivity contribution in [1.82, 2.24) is 5.32 Å². The average molecular weight is 269 g/mol. The van der Waals surface area contributed by atoms with Gasteiger partial charge in [-0.05, 0) is 32.2 Å². The van der Waals surface area contributed by atoms with E-state index in [9.17, 15) is 0 Å². The molecule has 0 aliphatic heterocycles. The Bertz CT molecular complexity index is 373. The van der Waals surface area contributed by atoms with E-state index in [0.29, 0.717) is 0 Å². The Hall–Kier alpha value is -1.05. The van der Waals surface area contributed by atoms with Gasteiger partial charge in [-0.1, -0.05) is 15.9 Å². The Labute approximate surface area is 98.2 Å². The van der Waals surface area contributed by atoms with Gasteiger partial charge in [-0.3, -0.25) is 0 Å². The number of nitrogens with one attached hydrogen (secondary N) is 1. The molecule has 1 rings (SSSR count). The first-order valence-electron chi connectivity index (χ1n) is 4.65. The molecule has 0 spiro atoms. The molecule has 4 heteroatoms. The first-order chi connectivity index (χ1) is 7.19. The second kappa shape index (κ2) is 5.74. The topological polar surface area (TPSA) is 45.0 Å². The first kappa shape index (κ1) is 12.0. The van der Waals surface area contributed by atoms with Gasteiger partial charge in [0, 0.05) is 16.1 Å². The maximum absolute atomic E-state index is 8.47. The summed E-state index contributed by atoms with van der Waals surface area (Å²) in [5.74, 6) is 0.751. The van der Waals surface area contributed by atoms with E-state index in [4.69, 9.17) is 10.00 Å². The second-order valence-electron chi connectivity index (χ2n) is 3.14. The van der Waals surface area contributed by atoms with Crippen LogP contribution in [0.5, 0.6) is 5.75 Å². The lowest BCUT2D eigenvalue weighted by atomic mass is 10.1. The van der Waals surface area contributed by atoms with Gasteiger partial charge in [0.2, 0.25) is 0 Å². The highest BCUT2D eigenvalue weighted by molar-refractivity contribution is 9.10. The molecule has 1 aromatic rings. The molecular weight excluding hydrogens is 256 g/mol. The van der Waals surface area contributed by atoms with Crippen LogP contribution in [-0.4, -0.2) is 13.7 Å². The van der Waals surface area contributed by atoms with E-state index in [1.54, 1.807) is 0 Å². The van der Waals surface area contributed by atoms with Crippen LogP contribution in [0.25, 0.3) is 0 Å². The largest absolute Gasteiger partial charge is 0.478 e. The van der Waals surface area contributed by atoms with E-state index < -0.39 is 0 Å². The van der Waals surface area contributed by atoms with Gasteiger partial charge in [0.25, 0.3) is 0 Å². The van der Waals surface area contributed by atoms with Crippen molar-refractivity contribution >= 4 is 15.9 Å². The second-order valence-corrected chi connectivity index (χ2v) is 4.05. The van der Waals surface area contributed by atoms with Crippen LogP contribution in [0.1, 0.15) is 18.5 Å². The summed E-state index contributed by atoms with van der Waals surface area (Å²) in [6, 6.07) is 7.91. The molecule has 1 atom stereocenters. The number of halogens is 1. The smallest absolute Gasteiger partial charge is 0.174 e. The van der Waals surface area contributed by atoms with Crippen LogP contribution >= 0.6 is 15.9 Å². The van der Waals surface area contributed by atoms with Crippen molar-refractivity contribution in [3.8, 4) is 11.8 Å². The number of nitrogens with zero attached hydrogens (tertiary/aromatic N) is 1. The SMILES string of the molecule is CNC(C)c1cc(Br)ccc1OCC#N. The van der Waals surface area contributed by atoms with Gasteiger partial charge in [0.05, 0.1) is 0 Å². The number of ether oxygens (including phenoxy) is 1. The van der Waals surface area contributed by atoms with Crippen LogP contribution in [0, 0.1) is 11.3 Å². The lowest BCUT2D eigenvalue weighted by molar-refractivity contribution is 0.360. The summed E-state index contributed by atoms with van der Waals surface area (Å²) >= 11 is 3.41. The zero-order valence-electron chi connectivity index (χ0n) is 8.75. The van der Waals surface area contributed by atoms with Gasteiger partial charge >= 0.3 is 0 Å². The summed E-state index contributed by atoms with van der Waals surface area (Å²) in [6.07, 6.45) is 0. The third-order valence-corrected chi connectivity index (χ3v) is 2.66. The van der Waals surface area contributed by atoms with Crippen LogP contribution in [-0.2, 0) is 0 Å². The quantitative estimate of drug-likeness (QED) is 0.913. The van der Waals surface area contributed by atoms with Crippen molar-refractivity contribution in [1.29, 1.82) is 5.26 Å². The molecule has 1 unspecified atom stereocenters. The van der Waals surface area contributed by atoms with E-state index in [2.05, 4.69) is 21.2 Å². The summed E-state index contributed by atoms with van der Waals surface area (Å²) in [5, 5.41) is 11.6. The minimum absolute atomic E-state index is 0.0745. The monoisotopic (exact) mass is 268 g/mol. The van der Waals surface area contributed by atoms with Crippen molar-refractivity contribution in [2.24, 2.45) is 0 Å². The van der Waals surface area contributed by atoms with Gasteiger partial charge in [-0.25, -0.2) is 0 Å². The summed E-state index contributed by atoms with van der Waals surface area (Å²) in [5.41, 5.74) is 1.04. The molecule has 0 aliphatic carbocycles. The van der Waals surface area contributed by atoms with Gasteiger partial charge < -0.3 is 10.1 Å². The highest BCUT2D eigenvalue weighted by Crippen LogP contribution is 2.28. The lowest BCUT2D eigenvalue weighted by Crippen LogP contribution is -2.13. The van der Waals surface area contributed by atoms with Gasteiger partial charge in [-0.2, -0.15) is 5.26 Å². The third-order valence-electron chi connectivity index (χ3n) is 2.16. The molecular formula is C11H13BrN2O. The molecule has 80 valence electrons. The normalized spacial score (nSPS) is 11.9. The summed E-state index contributed by atoms with van der Waals surface area (Å²) in [4.78, 5) is 0. The van der Waals surface area contributed by atoms with Gasteiger partial charge in [0.1, 0.15) is 11.8 Å². The Balaban J connectivity index is 2.98. The number of benzene rings is 1. The van der Waals surface area contributed by atoms with Crippen LogP contribution in [0.15, 0.2) is 22.7 Å². The average Bonchev–Trinajstić information content (AvgIpc) is 2.26. The highest BCUT2D eigenvalue weighted by atomic mass is 79.9. The zero-order chi connectivity index (χ0) is 11.3. The Morgan fingerprint density at radius 3 is 2.93 bits per heavy atom. The molecule has 0 saturated carbocycles. The molecule has 3 nitrogen and oxygen atoms in total. The number of nitriles is 1. The van der Waals surface area contributed by atoms with E-state index >= 15 is 0 Å². The Kier molecular flexibility index (Phi) is 4.60. The Morgan fingerprint density at radius 1 is 1.60 bits per heavy atom. The van der Waals surface area contributed by atoms with Crippen LogP contribution in [0.4, 0.5) is 0 Å². The fraction of sp³-hybridized carbons (Fsp3) is 0.364. The molecule has 0 heterocycles. The molecule has 0 amide bonds. The predicted octanol–water partition coefficient (Wildman–Crippen LogP) is 2.63. The molecule has 15 heavy (non-hydrogen) atoms. The number of rotatable bonds is 4. The number of hydrogen-bond donors (Lipinski definition) is 1. The summed E-state index contributed by atoms with van der Waals surface area (Å²) in [7, 11) is 1.89. The minimum atomic E-state index is 0.0745. The maximum Gasteiger partial charge on any atom is 0.174 e. The van der Waals surface area contributed by atoms with Gasteiger partial charge in [0.15, 0.2) is 6.61 Å². The predicted molar refractivity (Wildman–Crippen MR) is 62.7 cm³/mol. The number of hydrogen-bond acceptors (Lipinski definition) is 3. The molecule has 0 fully saturated rings. The summed E-state index contributed by atoms with van der Waals surface area (Å²) < 4.78 is 6.35. The summed E-state index contributed by atoms with van der Waals surface area (Å²) in [6.45, 7) is 2.12. The molecule has 0 radical (unpaired) electrons. The fourth-order valence-electron chi connectivity index (χ4n) is 1.25. The molecule has 0 saturated heterocycles. The zero-order valence-corrected chi connectivity index (χ0v) is 10.3. The van der Waals surface area contributed by atoms with E-state index in [-0.39, 0.29) is 12.6 Å². The highest BCUT2D eigenvalue weighted by Gasteiger charge is 2.10. The minimum Gasteiger partial charge on any atom is -0.478 e. The first-order valence-corrected chi connectivity index (χ1v) is 5.44. The van der Waals surface area contributed by atoms with Crippen LogP contribution in [0.2, 0.25) is 0 Å². The fourth-order valence-corrected chi connectivity index (χ4v) is 1.63. The Morgan fingerprint density at radius 2 is 2.33 bits per heavy atom. The standard InChI is InChI=1S/C11H13BrN2O/c1-8(14-2)10-7-9(12)3-4-11(10)15-6-5-13/h3-4,7-8,14H,6H2,1-2H3. The van der Waals surface area contributed by atoms with Crippen molar-refractivity contribution in [2.45, 2.75) is 13.0 Å². The van der Waals surface area contributed by atoms with Gasteiger partial charge in [-0.15, -0.1) is 0 Å².